The van der Waals surface area contributed by atoms with Crippen molar-refractivity contribution in [1.29, 1.82) is 0 Å². The summed E-state index contributed by atoms with van der Waals surface area (Å²) < 4.78 is 63.5. The van der Waals surface area contributed by atoms with E-state index in [0.717, 1.165) is 31.4 Å². The first-order valence-electron chi connectivity index (χ1n) is 7.63. The molecule has 9 heteroatoms. The molecule has 1 N–H and O–H groups in total. The van der Waals surface area contributed by atoms with Crippen LogP contribution in [0.25, 0.3) is 0 Å². The van der Waals surface area contributed by atoms with Crippen LogP contribution in [0.2, 0.25) is 0 Å². The van der Waals surface area contributed by atoms with Crippen molar-refractivity contribution in [2.24, 2.45) is 0 Å². The van der Waals surface area contributed by atoms with Gasteiger partial charge in [0.2, 0.25) is 15.9 Å². The molecule has 2 rings (SSSR count). The Bertz CT molecular complexity index is 683. The van der Waals surface area contributed by atoms with Crippen molar-refractivity contribution in [1.82, 2.24) is 4.31 Å². The van der Waals surface area contributed by atoms with Gasteiger partial charge in [-0.1, -0.05) is 12.5 Å². The number of rotatable bonds is 5. The minimum absolute atomic E-state index is 0.00908. The van der Waals surface area contributed by atoms with E-state index in [0.29, 0.717) is 13.1 Å². The Labute approximate surface area is 138 Å². The SMILES string of the molecule is O=C(CCS(=O)(=O)N1CCCCC1)Nc1cccc(C(F)(F)F)c1. The van der Waals surface area contributed by atoms with Gasteiger partial charge in [0, 0.05) is 25.2 Å². The number of hydrogen-bond acceptors (Lipinski definition) is 3. The zero-order valence-electron chi connectivity index (χ0n) is 13.0. The Morgan fingerprint density at radius 2 is 1.83 bits per heavy atom. The van der Waals surface area contributed by atoms with Gasteiger partial charge in [-0.05, 0) is 31.0 Å². The summed E-state index contributed by atoms with van der Waals surface area (Å²) in [5, 5.41) is 2.31. The highest BCUT2D eigenvalue weighted by molar-refractivity contribution is 7.89. The number of sulfonamides is 1. The molecule has 0 saturated carbocycles. The minimum Gasteiger partial charge on any atom is -0.326 e. The molecule has 1 aliphatic heterocycles. The van der Waals surface area contributed by atoms with Crippen molar-refractivity contribution in [3.8, 4) is 0 Å². The van der Waals surface area contributed by atoms with Crippen LogP contribution in [0.1, 0.15) is 31.2 Å². The Kier molecular flexibility index (Phi) is 5.87. The van der Waals surface area contributed by atoms with E-state index in [1.807, 2.05) is 0 Å². The monoisotopic (exact) mass is 364 g/mol. The third-order valence-corrected chi connectivity index (χ3v) is 5.64. The van der Waals surface area contributed by atoms with Crippen LogP contribution in [0, 0.1) is 0 Å². The second kappa shape index (κ2) is 7.52. The topological polar surface area (TPSA) is 66.5 Å². The van der Waals surface area contributed by atoms with E-state index in [9.17, 15) is 26.4 Å². The number of alkyl halides is 3. The standard InChI is InChI=1S/C15H19F3N2O3S/c16-15(17,18)12-5-4-6-13(11-12)19-14(21)7-10-24(22,23)20-8-2-1-3-9-20/h4-6,11H,1-3,7-10H2,(H,19,21). The van der Waals surface area contributed by atoms with E-state index in [1.54, 1.807) is 0 Å². The zero-order chi connectivity index (χ0) is 17.8. The lowest BCUT2D eigenvalue weighted by atomic mass is 10.2. The maximum absolute atomic E-state index is 12.6. The predicted molar refractivity (Wildman–Crippen MR) is 83.9 cm³/mol. The first-order chi connectivity index (χ1) is 11.2. The molecule has 0 spiro atoms. The van der Waals surface area contributed by atoms with Gasteiger partial charge in [-0.3, -0.25) is 4.79 Å². The van der Waals surface area contributed by atoms with E-state index >= 15 is 0 Å². The van der Waals surface area contributed by atoms with Gasteiger partial charge in [-0.2, -0.15) is 13.2 Å². The second-order valence-electron chi connectivity index (χ2n) is 5.65. The number of amides is 1. The molecule has 0 radical (unpaired) electrons. The summed E-state index contributed by atoms with van der Waals surface area (Å²) in [4.78, 5) is 11.8. The van der Waals surface area contributed by atoms with Crippen LogP contribution in [-0.4, -0.2) is 37.5 Å². The molecule has 1 aromatic rings. The van der Waals surface area contributed by atoms with Crippen LogP contribution in [-0.2, 0) is 21.0 Å². The molecule has 0 aliphatic carbocycles. The summed E-state index contributed by atoms with van der Waals surface area (Å²) in [5.41, 5.74) is -0.883. The number of piperidine rings is 1. The van der Waals surface area contributed by atoms with E-state index in [-0.39, 0.29) is 17.9 Å². The first-order valence-corrected chi connectivity index (χ1v) is 9.24. The smallest absolute Gasteiger partial charge is 0.326 e. The maximum atomic E-state index is 12.6. The first kappa shape index (κ1) is 18.7. The third-order valence-electron chi connectivity index (χ3n) is 3.77. The second-order valence-corrected chi connectivity index (χ2v) is 7.74. The number of hydrogen-bond donors (Lipinski definition) is 1. The van der Waals surface area contributed by atoms with Crippen LogP contribution in [0.5, 0.6) is 0 Å². The van der Waals surface area contributed by atoms with Crippen molar-refractivity contribution in [3.63, 3.8) is 0 Å². The van der Waals surface area contributed by atoms with Crippen molar-refractivity contribution in [2.45, 2.75) is 31.9 Å². The van der Waals surface area contributed by atoms with Gasteiger partial charge in [-0.25, -0.2) is 12.7 Å². The third kappa shape index (κ3) is 5.20. The molecule has 5 nitrogen and oxygen atoms in total. The fraction of sp³-hybridized carbons (Fsp3) is 0.533. The fourth-order valence-corrected chi connectivity index (χ4v) is 4.01. The van der Waals surface area contributed by atoms with Crippen LogP contribution < -0.4 is 5.32 Å². The van der Waals surface area contributed by atoms with E-state index in [4.69, 9.17) is 0 Å². The van der Waals surface area contributed by atoms with Gasteiger partial charge in [0.05, 0.1) is 11.3 Å². The average Bonchev–Trinajstić information content (AvgIpc) is 2.53. The molecule has 1 fully saturated rings. The normalized spacial score (nSPS) is 16.8. The summed E-state index contributed by atoms with van der Waals surface area (Å²) in [6.07, 6.45) is -2.21. The van der Waals surface area contributed by atoms with Gasteiger partial charge in [0.25, 0.3) is 0 Å². The lowest BCUT2D eigenvalue weighted by Crippen LogP contribution is -2.37. The van der Waals surface area contributed by atoms with Gasteiger partial charge < -0.3 is 5.32 Å². The van der Waals surface area contributed by atoms with E-state index < -0.39 is 27.7 Å². The lowest BCUT2D eigenvalue weighted by molar-refractivity contribution is -0.137. The van der Waals surface area contributed by atoms with E-state index in [2.05, 4.69) is 5.32 Å². The highest BCUT2D eigenvalue weighted by atomic mass is 32.2. The Balaban J connectivity index is 1.91. The van der Waals surface area contributed by atoms with Crippen LogP contribution in [0.4, 0.5) is 18.9 Å². The number of carbonyl (C=O) groups is 1. The molecular formula is C15H19F3N2O3S. The van der Waals surface area contributed by atoms with Crippen molar-refractivity contribution in [3.05, 3.63) is 29.8 Å². The highest BCUT2D eigenvalue weighted by Gasteiger charge is 2.30. The van der Waals surface area contributed by atoms with Gasteiger partial charge >= 0.3 is 6.18 Å². The molecule has 24 heavy (non-hydrogen) atoms. The summed E-state index contributed by atoms with van der Waals surface area (Å²) in [6.45, 7) is 0.912. The number of nitrogens with one attached hydrogen (secondary N) is 1. The predicted octanol–water partition coefficient (Wildman–Crippen LogP) is 2.85. The summed E-state index contributed by atoms with van der Waals surface area (Å²) in [6, 6.07) is 4.22. The molecule has 0 atom stereocenters. The van der Waals surface area contributed by atoms with E-state index in [1.165, 1.54) is 16.4 Å². The number of benzene rings is 1. The number of nitrogens with zero attached hydrogens (tertiary/aromatic N) is 1. The minimum atomic E-state index is -4.50. The number of carbonyl (C=O) groups excluding carboxylic acids is 1. The number of anilines is 1. The molecule has 0 unspecified atom stereocenters. The van der Waals surface area contributed by atoms with Gasteiger partial charge in [0.15, 0.2) is 0 Å². The molecule has 1 saturated heterocycles. The Morgan fingerprint density at radius 3 is 2.46 bits per heavy atom. The lowest BCUT2D eigenvalue weighted by Gasteiger charge is -2.25. The zero-order valence-corrected chi connectivity index (χ0v) is 13.8. The Morgan fingerprint density at radius 1 is 1.17 bits per heavy atom. The summed E-state index contributed by atoms with van der Waals surface area (Å²) in [7, 11) is -3.51. The maximum Gasteiger partial charge on any atom is 0.416 e. The van der Waals surface area contributed by atoms with Crippen molar-refractivity contribution in [2.75, 3.05) is 24.2 Å². The van der Waals surface area contributed by atoms with Crippen molar-refractivity contribution >= 4 is 21.6 Å². The Hall–Kier alpha value is -1.61. The molecule has 134 valence electrons. The largest absolute Gasteiger partial charge is 0.416 e. The highest BCUT2D eigenvalue weighted by Crippen LogP contribution is 2.30. The quantitative estimate of drug-likeness (QED) is 0.874. The average molecular weight is 364 g/mol. The van der Waals surface area contributed by atoms with Crippen LogP contribution in [0.15, 0.2) is 24.3 Å². The molecular weight excluding hydrogens is 345 g/mol. The summed E-state index contributed by atoms with van der Waals surface area (Å²) >= 11 is 0. The molecule has 1 aromatic carbocycles. The molecule has 1 aliphatic rings. The van der Waals surface area contributed by atoms with Crippen molar-refractivity contribution < 1.29 is 26.4 Å². The summed E-state index contributed by atoms with van der Waals surface area (Å²) in [5.74, 6) is -0.979. The molecule has 1 heterocycles. The molecule has 0 aromatic heterocycles. The van der Waals surface area contributed by atoms with Gasteiger partial charge in [-0.15, -0.1) is 0 Å². The number of halogens is 3. The molecule has 1 amide bonds. The fourth-order valence-electron chi connectivity index (χ4n) is 2.49. The van der Waals surface area contributed by atoms with Gasteiger partial charge in [0.1, 0.15) is 0 Å². The van der Waals surface area contributed by atoms with Crippen LogP contribution >= 0.6 is 0 Å². The molecule has 0 bridgehead atoms. The van der Waals surface area contributed by atoms with Crippen LogP contribution in [0.3, 0.4) is 0 Å².